The normalized spacial score (nSPS) is 9.95. The molecule has 0 unspecified atom stereocenters. The van der Waals surface area contributed by atoms with Crippen LogP contribution in [-0.4, -0.2) is 15.4 Å². The van der Waals surface area contributed by atoms with Gasteiger partial charge in [-0.2, -0.15) is 5.10 Å². The predicted octanol–water partition coefficient (Wildman–Crippen LogP) is -0.939. The molecule has 0 saturated carbocycles. The minimum absolute atomic E-state index is 0. The maximum Gasteiger partial charge on any atom is 0.313 e. The van der Waals surface area contributed by atoms with E-state index in [1.807, 2.05) is 42.5 Å². The zero-order valence-corrected chi connectivity index (χ0v) is 11.2. The standard InChI is InChI=1S/C14H12N4.ClH/c1-11-6-5-9-13(10-11)18-16-14(15-17-18)12-7-3-2-4-8-12;/h2-10H,1H3;1H. The fourth-order valence-electron chi connectivity index (χ4n) is 1.83. The molecular formula is C14H13ClN4. The number of rotatable bonds is 2. The summed E-state index contributed by atoms with van der Waals surface area (Å²) in [7, 11) is 0. The lowest BCUT2D eigenvalue weighted by atomic mass is 10.2. The van der Waals surface area contributed by atoms with Gasteiger partial charge in [0.1, 0.15) is 0 Å². The van der Waals surface area contributed by atoms with E-state index < -0.39 is 0 Å². The highest BCUT2D eigenvalue weighted by Gasteiger charge is 2.14. The van der Waals surface area contributed by atoms with Crippen LogP contribution in [0.2, 0.25) is 0 Å². The average Bonchev–Trinajstić information content (AvgIpc) is 2.89. The van der Waals surface area contributed by atoms with E-state index in [4.69, 9.17) is 0 Å². The maximum absolute atomic E-state index is 4.15. The Labute approximate surface area is 117 Å². The lowest BCUT2D eigenvalue weighted by Crippen LogP contribution is -3.00. The van der Waals surface area contributed by atoms with Crippen molar-refractivity contribution in [1.29, 1.82) is 0 Å². The highest BCUT2D eigenvalue weighted by Crippen LogP contribution is 2.11. The molecule has 1 aromatic heterocycles. The molecule has 0 amide bonds. The van der Waals surface area contributed by atoms with Gasteiger partial charge >= 0.3 is 5.82 Å². The molecular weight excluding hydrogens is 260 g/mol. The third-order valence-electron chi connectivity index (χ3n) is 2.74. The predicted molar refractivity (Wildman–Crippen MR) is 68.1 cm³/mol. The summed E-state index contributed by atoms with van der Waals surface area (Å²) in [6, 6.07) is 18.0. The van der Waals surface area contributed by atoms with Gasteiger partial charge in [0.15, 0.2) is 10.9 Å². The van der Waals surface area contributed by atoms with Crippen molar-refractivity contribution in [2.45, 2.75) is 6.92 Å². The van der Waals surface area contributed by atoms with Crippen molar-refractivity contribution >= 4 is 0 Å². The molecule has 0 spiro atoms. The molecule has 1 N–H and O–H groups in total. The number of hydrogen-bond acceptors (Lipinski definition) is 2. The summed E-state index contributed by atoms with van der Waals surface area (Å²) < 4.78 is 0. The van der Waals surface area contributed by atoms with E-state index in [-0.39, 0.29) is 12.4 Å². The molecule has 0 saturated heterocycles. The quantitative estimate of drug-likeness (QED) is 0.612. The molecule has 1 heterocycles. The van der Waals surface area contributed by atoms with E-state index in [9.17, 15) is 0 Å². The van der Waals surface area contributed by atoms with Gasteiger partial charge in [0.2, 0.25) is 0 Å². The molecule has 0 aliphatic rings. The van der Waals surface area contributed by atoms with Gasteiger partial charge in [-0.1, -0.05) is 30.3 Å². The lowest BCUT2D eigenvalue weighted by molar-refractivity contribution is -0.716. The molecule has 0 aliphatic carbocycles. The number of nitrogens with one attached hydrogen (secondary N) is 1. The van der Waals surface area contributed by atoms with Crippen LogP contribution in [0.25, 0.3) is 17.1 Å². The molecule has 0 atom stereocenters. The monoisotopic (exact) mass is 272 g/mol. The minimum atomic E-state index is 0. The summed E-state index contributed by atoms with van der Waals surface area (Å²) in [5.74, 6) is 0.761. The van der Waals surface area contributed by atoms with Gasteiger partial charge < -0.3 is 12.4 Å². The third kappa shape index (κ3) is 2.80. The van der Waals surface area contributed by atoms with Crippen molar-refractivity contribution in [2.24, 2.45) is 0 Å². The first kappa shape index (κ1) is 13.2. The fraction of sp³-hybridized carbons (Fsp3) is 0.0714. The van der Waals surface area contributed by atoms with E-state index in [1.165, 1.54) is 5.56 Å². The molecule has 3 rings (SSSR count). The molecule has 0 bridgehead atoms. The first-order valence-corrected chi connectivity index (χ1v) is 5.80. The summed E-state index contributed by atoms with van der Waals surface area (Å²) in [6.07, 6.45) is 0. The number of halogens is 1. The lowest BCUT2D eigenvalue weighted by Gasteiger charge is -1.93. The molecule has 5 heteroatoms. The van der Waals surface area contributed by atoms with Crippen molar-refractivity contribution in [2.75, 3.05) is 0 Å². The largest absolute Gasteiger partial charge is 1.00 e. The van der Waals surface area contributed by atoms with Crippen LogP contribution in [0.1, 0.15) is 5.56 Å². The maximum atomic E-state index is 4.15. The van der Waals surface area contributed by atoms with E-state index in [0.29, 0.717) is 0 Å². The molecule has 4 nitrogen and oxygen atoms in total. The number of aromatic nitrogens is 4. The molecule has 96 valence electrons. The van der Waals surface area contributed by atoms with Crippen molar-refractivity contribution in [3.05, 3.63) is 60.2 Å². The van der Waals surface area contributed by atoms with E-state index >= 15 is 0 Å². The smallest absolute Gasteiger partial charge is 0.313 e. The second-order valence-electron chi connectivity index (χ2n) is 4.17. The van der Waals surface area contributed by atoms with Crippen LogP contribution in [0.15, 0.2) is 54.6 Å². The Morgan fingerprint density at radius 2 is 1.79 bits per heavy atom. The van der Waals surface area contributed by atoms with Crippen LogP contribution in [0.3, 0.4) is 0 Å². The first-order valence-electron chi connectivity index (χ1n) is 5.80. The molecule has 0 fully saturated rings. The second-order valence-corrected chi connectivity index (χ2v) is 4.17. The molecule has 3 aromatic rings. The van der Waals surface area contributed by atoms with Crippen LogP contribution < -0.4 is 17.2 Å². The summed E-state index contributed by atoms with van der Waals surface area (Å²) >= 11 is 0. The Hall–Kier alpha value is -2.20. The van der Waals surface area contributed by atoms with Crippen LogP contribution in [0.5, 0.6) is 0 Å². The van der Waals surface area contributed by atoms with Crippen LogP contribution in [0, 0.1) is 6.92 Å². The Bertz CT molecular complexity index is 664. The number of H-pyrrole nitrogens is 1. The van der Waals surface area contributed by atoms with Crippen LogP contribution in [-0.2, 0) is 0 Å². The number of tetrazole rings is 1. The number of nitrogens with zero attached hydrogens (tertiary/aromatic N) is 3. The van der Waals surface area contributed by atoms with E-state index in [1.54, 1.807) is 4.80 Å². The van der Waals surface area contributed by atoms with E-state index in [2.05, 4.69) is 34.5 Å². The average molecular weight is 273 g/mol. The second kappa shape index (κ2) is 5.63. The van der Waals surface area contributed by atoms with Gasteiger partial charge in [-0.15, -0.1) is 0 Å². The highest BCUT2D eigenvalue weighted by molar-refractivity contribution is 5.52. The molecule has 2 aromatic carbocycles. The van der Waals surface area contributed by atoms with Crippen LogP contribution in [0.4, 0.5) is 0 Å². The summed E-state index contributed by atoms with van der Waals surface area (Å²) in [5, 5.41) is 11.4. The minimum Gasteiger partial charge on any atom is -1.00 e. The van der Waals surface area contributed by atoms with Crippen molar-refractivity contribution in [3.8, 4) is 17.1 Å². The van der Waals surface area contributed by atoms with Gasteiger partial charge in [-0.25, -0.2) is 0 Å². The van der Waals surface area contributed by atoms with Gasteiger partial charge in [-0.05, 0) is 41.5 Å². The van der Waals surface area contributed by atoms with Crippen molar-refractivity contribution < 1.29 is 17.2 Å². The summed E-state index contributed by atoms with van der Waals surface area (Å²) in [6.45, 7) is 2.05. The SMILES string of the molecule is Cc1cccc(-[n+]2nnc(-c3ccccc3)[nH]2)c1.[Cl-]. The highest BCUT2D eigenvalue weighted by atomic mass is 35.5. The van der Waals surface area contributed by atoms with Crippen LogP contribution >= 0.6 is 0 Å². The Morgan fingerprint density at radius 3 is 2.53 bits per heavy atom. The summed E-state index contributed by atoms with van der Waals surface area (Å²) in [5.41, 5.74) is 3.19. The Kier molecular flexibility index (Phi) is 3.92. The number of aromatic amines is 1. The molecule has 0 radical (unpaired) electrons. The Balaban J connectivity index is 0.00000133. The zero-order valence-electron chi connectivity index (χ0n) is 10.4. The van der Waals surface area contributed by atoms with Gasteiger partial charge in [-0.3, -0.25) is 0 Å². The summed E-state index contributed by atoms with van der Waals surface area (Å²) in [4.78, 5) is 1.68. The van der Waals surface area contributed by atoms with Gasteiger partial charge in [0, 0.05) is 5.56 Å². The molecule has 19 heavy (non-hydrogen) atoms. The van der Waals surface area contributed by atoms with Crippen molar-refractivity contribution in [1.82, 2.24) is 15.4 Å². The van der Waals surface area contributed by atoms with Gasteiger partial charge in [0.05, 0.1) is 5.10 Å². The number of hydrogen-bond donors (Lipinski definition) is 1. The third-order valence-corrected chi connectivity index (χ3v) is 2.74. The number of aryl methyl sites for hydroxylation is 1. The molecule has 0 aliphatic heterocycles. The zero-order chi connectivity index (χ0) is 12.4. The van der Waals surface area contributed by atoms with Gasteiger partial charge in [0.25, 0.3) is 0 Å². The van der Waals surface area contributed by atoms with E-state index in [0.717, 1.165) is 17.1 Å². The number of benzene rings is 2. The first-order chi connectivity index (χ1) is 8.83. The van der Waals surface area contributed by atoms with Crippen molar-refractivity contribution in [3.63, 3.8) is 0 Å². The fourth-order valence-corrected chi connectivity index (χ4v) is 1.83. The Morgan fingerprint density at radius 1 is 1.00 bits per heavy atom. The topological polar surface area (TPSA) is 45.5 Å².